The van der Waals surface area contributed by atoms with Crippen LogP contribution in [0.25, 0.3) is 0 Å². The molecule has 0 bridgehead atoms. The van der Waals surface area contributed by atoms with Crippen molar-refractivity contribution in [1.82, 2.24) is 5.32 Å². The van der Waals surface area contributed by atoms with Gasteiger partial charge in [-0.3, -0.25) is 4.79 Å². The molecule has 1 amide bonds. The van der Waals surface area contributed by atoms with Crippen molar-refractivity contribution >= 4 is 11.6 Å². The van der Waals surface area contributed by atoms with Crippen LogP contribution in [0, 0.1) is 0 Å². The van der Waals surface area contributed by atoms with E-state index in [0.29, 0.717) is 6.42 Å². The van der Waals surface area contributed by atoms with E-state index in [2.05, 4.69) is 5.32 Å². The fourth-order valence-corrected chi connectivity index (χ4v) is 2.63. The molecular weight excluding hydrogens is 240 g/mol. The Balaban J connectivity index is 2.29. The third-order valence-corrected chi connectivity index (χ3v) is 3.63. The van der Waals surface area contributed by atoms with Gasteiger partial charge in [-0.05, 0) is 25.1 Å². The molecule has 1 aromatic rings. The fraction of sp³-hybridized carbons (Fsp3) is 0.533. The number of hydrogen-bond acceptors (Lipinski definition) is 3. The number of hydrogen-bond donors (Lipinski definition) is 1. The van der Waals surface area contributed by atoms with Gasteiger partial charge in [-0.15, -0.1) is 0 Å². The predicted molar refractivity (Wildman–Crippen MR) is 76.3 cm³/mol. The van der Waals surface area contributed by atoms with Crippen LogP contribution in [0.5, 0.6) is 0 Å². The number of piperidine rings is 1. The number of benzene rings is 1. The van der Waals surface area contributed by atoms with Crippen molar-refractivity contribution in [3.05, 3.63) is 30.3 Å². The highest BCUT2D eigenvalue weighted by Crippen LogP contribution is 2.23. The van der Waals surface area contributed by atoms with Crippen LogP contribution in [0.1, 0.15) is 19.8 Å². The summed E-state index contributed by atoms with van der Waals surface area (Å²) in [5, 5.41) is 3.32. The van der Waals surface area contributed by atoms with Gasteiger partial charge in [0.15, 0.2) is 0 Å². The van der Waals surface area contributed by atoms with Gasteiger partial charge in [-0.1, -0.05) is 25.1 Å². The second-order valence-electron chi connectivity index (χ2n) is 4.79. The molecule has 1 fully saturated rings. The first-order chi connectivity index (χ1) is 9.27. The Morgan fingerprint density at radius 1 is 1.42 bits per heavy atom. The topological polar surface area (TPSA) is 41.6 Å². The van der Waals surface area contributed by atoms with Gasteiger partial charge in [0.1, 0.15) is 0 Å². The van der Waals surface area contributed by atoms with E-state index < -0.39 is 0 Å². The summed E-state index contributed by atoms with van der Waals surface area (Å²) in [6.45, 7) is 3.62. The highest BCUT2D eigenvalue weighted by Gasteiger charge is 2.33. The Bertz CT molecular complexity index is 408. The van der Waals surface area contributed by atoms with Crippen molar-refractivity contribution in [2.75, 3.05) is 25.1 Å². The Morgan fingerprint density at radius 2 is 2.16 bits per heavy atom. The third-order valence-electron chi connectivity index (χ3n) is 3.63. The summed E-state index contributed by atoms with van der Waals surface area (Å²) in [6.07, 6.45) is 1.47. The molecule has 0 spiro atoms. The molecular formula is C15H22N2O2. The largest absolute Gasteiger partial charge is 0.378 e. The van der Waals surface area contributed by atoms with Gasteiger partial charge in [-0.2, -0.15) is 0 Å². The molecule has 0 saturated carbocycles. The molecule has 2 unspecified atom stereocenters. The zero-order chi connectivity index (χ0) is 13.7. The molecule has 2 rings (SSSR count). The number of rotatable bonds is 4. The molecule has 4 nitrogen and oxygen atoms in total. The first-order valence-electron chi connectivity index (χ1n) is 6.88. The van der Waals surface area contributed by atoms with E-state index in [1.165, 1.54) is 0 Å². The van der Waals surface area contributed by atoms with Crippen LogP contribution in [0.15, 0.2) is 30.3 Å². The van der Waals surface area contributed by atoms with Crippen LogP contribution < -0.4 is 10.2 Å². The molecule has 1 aliphatic heterocycles. The lowest BCUT2D eigenvalue weighted by atomic mass is 10.00. The molecule has 1 aromatic carbocycles. The highest BCUT2D eigenvalue weighted by atomic mass is 16.5. The van der Waals surface area contributed by atoms with Gasteiger partial charge < -0.3 is 15.0 Å². The van der Waals surface area contributed by atoms with Crippen molar-refractivity contribution in [2.45, 2.75) is 31.9 Å². The summed E-state index contributed by atoms with van der Waals surface area (Å²) in [5.41, 5.74) is 0.961. The minimum atomic E-state index is 0.0458. The average molecular weight is 262 g/mol. The zero-order valence-electron chi connectivity index (χ0n) is 11.6. The van der Waals surface area contributed by atoms with E-state index >= 15 is 0 Å². The zero-order valence-corrected chi connectivity index (χ0v) is 11.6. The quantitative estimate of drug-likeness (QED) is 0.899. The normalized spacial score (nSPS) is 23.1. The number of ether oxygens (including phenoxy) is 1. The van der Waals surface area contributed by atoms with Crippen molar-refractivity contribution in [2.24, 2.45) is 0 Å². The molecule has 1 N–H and O–H groups in total. The summed E-state index contributed by atoms with van der Waals surface area (Å²) in [7, 11) is 1.71. The second kappa shape index (κ2) is 6.68. The van der Waals surface area contributed by atoms with E-state index in [1.54, 1.807) is 7.11 Å². The van der Waals surface area contributed by atoms with Gasteiger partial charge in [0.25, 0.3) is 0 Å². The Kier molecular flexibility index (Phi) is 4.93. The van der Waals surface area contributed by atoms with Gasteiger partial charge >= 0.3 is 0 Å². The summed E-state index contributed by atoms with van der Waals surface area (Å²) in [6, 6.07) is 9.99. The van der Waals surface area contributed by atoms with E-state index in [1.807, 2.05) is 42.2 Å². The average Bonchev–Trinajstić information content (AvgIpc) is 2.49. The lowest BCUT2D eigenvalue weighted by Crippen LogP contribution is -2.55. The van der Waals surface area contributed by atoms with Gasteiger partial charge in [0.05, 0.1) is 12.1 Å². The summed E-state index contributed by atoms with van der Waals surface area (Å²) in [4.78, 5) is 14.2. The number of methoxy groups -OCH3 is 1. The molecule has 1 heterocycles. The molecule has 0 aromatic heterocycles. The van der Waals surface area contributed by atoms with Crippen molar-refractivity contribution < 1.29 is 9.53 Å². The maximum absolute atomic E-state index is 12.3. The van der Waals surface area contributed by atoms with Crippen molar-refractivity contribution in [3.63, 3.8) is 0 Å². The Labute approximate surface area is 114 Å². The first kappa shape index (κ1) is 14.0. The summed E-state index contributed by atoms with van der Waals surface area (Å²) >= 11 is 0. The Hall–Kier alpha value is -1.39. The maximum Gasteiger partial charge on any atom is 0.227 e. The second-order valence-corrected chi connectivity index (χ2v) is 4.79. The molecule has 104 valence electrons. The van der Waals surface area contributed by atoms with E-state index in [4.69, 9.17) is 4.74 Å². The predicted octanol–water partition coefficient (Wildman–Crippen LogP) is 1.81. The third kappa shape index (κ3) is 3.14. The van der Waals surface area contributed by atoms with Crippen molar-refractivity contribution in [3.8, 4) is 0 Å². The number of anilines is 1. The number of carbonyl (C=O) groups excluding carboxylic acids is 1. The molecule has 0 aliphatic carbocycles. The van der Waals surface area contributed by atoms with Crippen LogP contribution in [-0.2, 0) is 9.53 Å². The first-order valence-corrected chi connectivity index (χ1v) is 6.88. The van der Waals surface area contributed by atoms with Crippen LogP contribution >= 0.6 is 0 Å². The number of para-hydroxylation sites is 1. The van der Waals surface area contributed by atoms with Crippen LogP contribution in [0.2, 0.25) is 0 Å². The minimum absolute atomic E-state index is 0.0458. The SMILES string of the molecule is CCC(=O)N(c1ccccc1)C1CCNCC1OC. The molecule has 0 radical (unpaired) electrons. The fourth-order valence-electron chi connectivity index (χ4n) is 2.63. The number of amides is 1. The number of nitrogens with zero attached hydrogens (tertiary/aromatic N) is 1. The maximum atomic E-state index is 12.3. The summed E-state index contributed by atoms with van der Waals surface area (Å²) in [5.74, 6) is 0.153. The molecule has 2 atom stereocenters. The minimum Gasteiger partial charge on any atom is -0.378 e. The van der Waals surface area contributed by atoms with Crippen LogP contribution in [0.4, 0.5) is 5.69 Å². The number of nitrogens with one attached hydrogen (secondary N) is 1. The van der Waals surface area contributed by atoms with Crippen molar-refractivity contribution in [1.29, 1.82) is 0 Å². The molecule has 4 heteroatoms. The van der Waals surface area contributed by atoms with E-state index in [-0.39, 0.29) is 18.1 Å². The van der Waals surface area contributed by atoms with Crippen LogP contribution in [-0.4, -0.2) is 38.3 Å². The molecule has 1 saturated heterocycles. The van der Waals surface area contributed by atoms with Crippen LogP contribution in [0.3, 0.4) is 0 Å². The smallest absolute Gasteiger partial charge is 0.227 e. The standard InChI is InChI=1S/C15H22N2O2/c1-3-15(18)17(12-7-5-4-6-8-12)13-9-10-16-11-14(13)19-2/h4-8,13-14,16H,3,9-11H2,1-2H3. The number of carbonyl (C=O) groups is 1. The van der Waals surface area contributed by atoms with E-state index in [9.17, 15) is 4.79 Å². The lowest BCUT2D eigenvalue weighted by Gasteiger charge is -2.39. The summed E-state index contributed by atoms with van der Waals surface area (Å²) < 4.78 is 5.54. The molecule has 19 heavy (non-hydrogen) atoms. The lowest BCUT2D eigenvalue weighted by molar-refractivity contribution is -0.119. The Morgan fingerprint density at radius 3 is 2.79 bits per heavy atom. The molecule has 1 aliphatic rings. The van der Waals surface area contributed by atoms with Gasteiger partial charge in [0.2, 0.25) is 5.91 Å². The van der Waals surface area contributed by atoms with Gasteiger partial charge in [0, 0.05) is 25.8 Å². The van der Waals surface area contributed by atoms with Gasteiger partial charge in [-0.25, -0.2) is 0 Å². The highest BCUT2D eigenvalue weighted by molar-refractivity contribution is 5.93. The monoisotopic (exact) mass is 262 g/mol. The van der Waals surface area contributed by atoms with E-state index in [0.717, 1.165) is 25.2 Å².